The molecular formula is C22H24ClN3O. The van der Waals surface area contributed by atoms with Crippen molar-refractivity contribution in [1.29, 1.82) is 0 Å². The Morgan fingerprint density at radius 2 is 1.93 bits per heavy atom. The third kappa shape index (κ3) is 3.91. The van der Waals surface area contributed by atoms with E-state index in [0.717, 1.165) is 11.1 Å². The van der Waals surface area contributed by atoms with Crippen molar-refractivity contribution in [2.75, 3.05) is 11.9 Å². The molecule has 140 valence electrons. The molecule has 0 atom stereocenters. The van der Waals surface area contributed by atoms with E-state index in [2.05, 4.69) is 61.5 Å². The number of amides is 1. The fraction of sp³-hybridized carbons (Fsp3) is 0.273. The Morgan fingerprint density at radius 3 is 2.63 bits per heavy atom. The summed E-state index contributed by atoms with van der Waals surface area (Å²) < 4.78 is 0. The lowest BCUT2D eigenvalue weighted by Crippen LogP contribution is -2.42. The number of carbonyl (C=O) groups is 1. The highest BCUT2D eigenvalue weighted by molar-refractivity contribution is 6.33. The molecule has 0 aliphatic carbocycles. The maximum absolute atomic E-state index is 12.2. The maximum atomic E-state index is 12.2. The predicted molar refractivity (Wildman–Crippen MR) is 114 cm³/mol. The number of likely N-dealkylation sites (N-methyl/N-ethyl adjacent to an activating group) is 1. The van der Waals surface area contributed by atoms with Gasteiger partial charge in [0.1, 0.15) is 0 Å². The zero-order chi connectivity index (χ0) is 19.8. The Morgan fingerprint density at radius 1 is 1.19 bits per heavy atom. The number of rotatable bonds is 3. The van der Waals surface area contributed by atoms with Crippen LogP contribution in [-0.2, 0) is 0 Å². The SMILES string of the molecule is CC1=CC(C)(C)N(C)c2ccc(/C=N\NC(=O)c3ccc(C)cc3Cl)cc21. The first-order valence-electron chi connectivity index (χ1n) is 8.86. The van der Waals surface area contributed by atoms with Crippen LogP contribution < -0.4 is 10.3 Å². The van der Waals surface area contributed by atoms with Crippen molar-refractivity contribution < 1.29 is 4.79 Å². The van der Waals surface area contributed by atoms with Gasteiger partial charge in [0.2, 0.25) is 0 Å². The van der Waals surface area contributed by atoms with Gasteiger partial charge >= 0.3 is 0 Å². The number of nitrogens with zero attached hydrogens (tertiary/aromatic N) is 2. The first-order valence-corrected chi connectivity index (χ1v) is 9.24. The Bertz CT molecular complexity index is 960. The minimum Gasteiger partial charge on any atom is -0.366 e. The smallest absolute Gasteiger partial charge is 0.272 e. The zero-order valence-electron chi connectivity index (χ0n) is 16.3. The van der Waals surface area contributed by atoms with Gasteiger partial charge in [-0.25, -0.2) is 5.43 Å². The summed E-state index contributed by atoms with van der Waals surface area (Å²) in [5.74, 6) is -0.327. The molecule has 0 saturated heterocycles. The van der Waals surface area contributed by atoms with E-state index < -0.39 is 0 Å². The molecule has 3 rings (SSSR count). The summed E-state index contributed by atoms with van der Waals surface area (Å²) in [7, 11) is 2.10. The molecule has 5 heteroatoms. The van der Waals surface area contributed by atoms with Gasteiger partial charge in [-0.1, -0.05) is 29.8 Å². The van der Waals surface area contributed by atoms with Gasteiger partial charge in [0.05, 0.1) is 22.3 Å². The molecule has 2 aromatic carbocycles. The van der Waals surface area contributed by atoms with Crippen molar-refractivity contribution in [3.63, 3.8) is 0 Å². The van der Waals surface area contributed by atoms with Gasteiger partial charge in [-0.2, -0.15) is 5.10 Å². The lowest BCUT2D eigenvalue weighted by Gasteiger charge is -2.40. The molecule has 0 bridgehead atoms. The maximum Gasteiger partial charge on any atom is 0.272 e. The quantitative estimate of drug-likeness (QED) is 0.597. The summed E-state index contributed by atoms with van der Waals surface area (Å²) in [5.41, 5.74) is 8.46. The Labute approximate surface area is 165 Å². The minimum absolute atomic E-state index is 0.0199. The number of nitrogens with one attached hydrogen (secondary N) is 1. The molecule has 2 aromatic rings. The van der Waals surface area contributed by atoms with Crippen LogP contribution in [0.5, 0.6) is 0 Å². The fourth-order valence-electron chi connectivity index (χ4n) is 3.29. The number of aryl methyl sites for hydroxylation is 1. The molecule has 0 fully saturated rings. The average molecular weight is 382 g/mol. The van der Waals surface area contributed by atoms with E-state index in [1.807, 2.05) is 19.1 Å². The number of benzene rings is 2. The van der Waals surface area contributed by atoms with Crippen molar-refractivity contribution >= 4 is 35.0 Å². The van der Waals surface area contributed by atoms with Gasteiger partial charge in [0.25, 0.3) is 5.91 Å². The third-order valence-corrected chi connectivity index (χ3v) is 5.30. The molecule has 1 amide bonds. The van der Waals surface area contributed by atoms with Gasteiger partial charge in [-0.15, -0.1) is 0 Å². The second-order valence-corrected chi connectivity index (χ2v) is 7.91. The number of anilines is 1. The van der Waals surface area contributed by atoms with Gasteiger partial charge in [0.15, 0.2) is 0 Å². The number of fused-ring (bicyclic) bond motifs is 1. The first kappa shape index (κ1) is 19.2. The number of hydrogen-bond acceptors (Lipinski definition) is 3. The van der Waals surface area contributed by atoms with E-state index in [1.54, 1.807) is 18.3 Å². The molecule has 1 heterocycles. The van der Waals surface area contributed by atoms with Crippen LogP contribution in [0.2, 0.25) is 5.02 Å². The predicted octanol–water partition coefficient (Wildman–Crippen LogP) is 5.04. The summed E-state index contributed by atoms with van der Waals surface area (Å²) in [6.45, 7) is 8.44. The number of halogens is 1. The zero-order valence-corrected chi connectivity index (χ0v) is 17.1. The molecule has 27 heavy (non-hydrogen) atoms. The monoisotopic (exact) mass is 381 g/mol. The lowest BCUT2D eigenvalue weighted by molar-refractivity contribution is 0.0955. The van der Waals surface area contributed by atoms with E-state index in [-0.39, 0.29) is 11.4 Å². The van der Waals surface area contributed by atoms with Crippen molar-refractivity contribution in [1.82, 2.24) is 5.43 Å². The van der Waals surface area contributed by atoms with Crippen LogP contribution in [0.25, 0.3) is 5.57 Å². The van der Waals surface area contributed by atoms with Crippen LogP contribution in [0.4, 0.5) is 5.69 Å². The summed E-state index contributed by atoms with van der Waals surface area (Å²) >= 11 is 6.13. The lowest BCUT2D eigenvalue weighted by atomic mass is 9.89. The van der Waals surface area contributed by atoms with Crippen molar-refractivity contribution in [2.24, 2.45) is 5.10 Å². The van der Waals surface area contributed by atoms with Crippen LogP contribution in [0, 0.1) is 6.92 Å². The average Bonchev–Trinajstić information content (AvgIpc) is 2.59. The van der Waals surface area contributed by atoms with E-state index in [9.17, 15) is 4.79 Å². The molecular weight excluding hydrogens is 358 g/mol. The van der Waals surface area contributed by atoms with E-state index in [4.69, 9.17) is 11.6 Å². The first-order chi connectivity index (χ1) is 12.7. The number of hydrogen-bond donors (Lipinski definition) is 1. The number of carbonyl (C=O) groups excluding carboxylic acids is 1. The molecule has 0 spiro atoms. The number of hydrazone groups is 1. The van der Waals surface area contributed by atoms with Gasteiger partial charge in [-0.05, 0) is 68.7 Å². The highest BCUT2D eigenvalue weighted by Crippen LogP contribution is 2.37. The van der Waals surface area contributed by atoms with Gasteiger partial charge in [0, 0.05) is 18.3 Å². The normalized spacial score (nSPS) is 15.5. The number of allylic oxidation sites excluding steroid dienone is 1. The molecule has 0 saturated carbocycles. The summed E-state index contributed by atoms with van der Waals surface area (Å²) in [6, 6.07) is 11.5. The van der Waals surface area contributed by atoms with E-state index in [1.165, 1.54) is 16.8 Å². The van der Waals surface area contributed by atoms with E-state index >= 15 is 0 Å². The Balaban J connectivity index is 1.77. The molecule has 0 radical (unpaired) electrons. The third-order valence-electron chi connectivity index (χ3n) is 4.99. The second kappa shape index (κ2) is 7.20. The van der Waals surface area contributed by atoms with Crippen LogP contribution >= 0.6 is 11.6 Å². The van der Waals surface area contributed by atoms with Crippen LogP contribution in [0.3, 0.4) is 0 Å². The van der Waals surface area contributed by atoms with Crippen LogP contribution in [0.1, 0.15) is 47.8 Å². The summed E-state index contributed by atoms with van der Waals surface area (Å²) in [5, 5.41) is 4.51. The standard InChI is InChI=1S/C22H24ClN3O/c1-14-6-8-17(19(23)10-14)21(27)25-24-13-16-7-9-20-18(11-16)15(2)12-22(3,4)26(20)5/h6-13H,1-5H3,(H,25,27)/b24-13-. The van der Waals surface area contributed by atoms with Crippen molar-refractivity contribution in [3.8, 4) is 0 Å². The topological polar surface area (TPSA) is 44.7 Å². The molecule has 0 unspecified atom stereocenters. The summed E-state index contributed by atoms with van der Waals surface area (Å²) in [4.78, 5) is 14.5. The highest BCUT2D eigenvalue weighted by Gasteiger charge is 2.28. The van der Waals surface area contributed by atoms with Gasteiger partial charge in [-0.3, -0.25) is 4.79 Å². The van der Waals surface area contributed by atoms with Gasteiger partial charge < -0.3 is 4.90 Å². The van der Waals surface area contributed by atoms with Crippen LogP contribution in [0.15, 0.2) is 47.6 Å². The van der Waals surface area contributed by atoms with E-state index in [0.29, 0.717) is 10.6 Å². The second-order valence-electron chi connectivity index (χ2n) is 7.50. The molecule has 1 aliphatic rings. The molecule has 1 N–H and O–H groups in total. The highest BCUT2D eigenvalue weighted by atomic mass is 35.5. The van der Waals surface area contributed by atoms with Crippen molar-refractivity contribution in [2.45, 2.75) is 33.2 Å². The fourth-order valence-corrected chi connectivity index (χ4v) is 3.61. The Hall–Kier alpha value is -2.59. The van der Waals surface area contributed by atoms with Crippen molar-refractivity contribution in [3.05, 3.63) is 69.8 Å². The van der Waals surface area contributed by atoms with Crippen LogP contribution in [-0.4, -0.2) is 24.7 Å². The largest absolute Gasteiger partial charge is 0.366 e. The summed E-state index contributed by atoms with van der Waals surface area (Å²) in [6.07, 6.45) is 3.91. The molecule has 0 aromatic heterocycles. The molecule has 4 nitrogen and oxygen atoms in total. The minimum atomic E-state index is -0.327. The molecule has 1 aliphatic heterocycles. The Kier molecular flexibility index (Phi) is 5.11.